The second kappa shape index (κ2) is 11.5. The summed E-state index contributed by atoms with van der Waals surface area (Å²) in [6.45, 7) is 20.7. The first-order valence-electron chi connectivity index (χ1n) is 11.4. The van der Waals surface area contributed by atoms with Crippen LogP contribution in [0.2, 0.25) is 13.1 Å². The summed E-state index contributed by atoms with van der Waals surface area (Å²) in [5, 5.41) is 5.56. The Morgan fingerprint density at radius 3 is 1.94 bits per heavy atom. The van der Waals surface area contributed by atoms with Crippen molar-refractivity contribution < 1.29 is 48.1 Å². The number of hydrogen-bond donors (Lipinski definition) is 0. The molecule has 1 aliphatic rings. The molecule has 0 atom stereocenters. The van der Waals surface area contributed by atoms with Gasteiger partial charge in [0.1, 0.15) is 0 Å². The van der Waals surface area contributed by atoms with Gasteiger partial charge in [0.05, 0.1) is 0 Å². The molecule has 0 nitrogen and oxygen atoms in total. The summed E-state index contributed by atoms with van der Waals surface area (Å²) in [5.74, 6) is 0. The minimum atomic E-state index is 0. The fourth-order valence-electron chi connectivity index (χ4n) is 4.42. The van der Waals surface area contributed by atoms with Gasteiger partial charge in [-0.3, -0.25) is 0 Å². The molecule has 0 bridgehead atoms. The predicted octanol–water partition coefficient (Wildman–Crippen LogP) is 2.83. The van der Waals surface area contributed by atoms with Crippen LogP contribution < -0.4 is 24.8 Å². The Morgan fingerprint density at radius 2 is 1.45 bits per heavy atom. The van der Waals surface area contributed by atoms with Gasteiger partial charge in [0.2, 0.25) is 0 Å². The predicted molar refractivity (Wildman–Crippen MR) is 138 cm³/mol. The van der Waals surface area contributed by atoms with Crippen molar-refractivity contribution >= 4 is 32.6 Å². The third-order valence-corrected chi connectivity index (χ3v) is 6.03. The van der Waals surface area contributed by atoms with Crippen molar-refractivity contribution in [3.8, 4) is 0 Å². The van der Waals surface area contributed by atoms with Crippen LogP contribution in [0, 0.1) is 0 Å². The zero-order valence-corrected chi connectivity index (χ0v) is 26.6. The van der Waals surface area contributed by atoms with E-state index in [9.17, 15) is 0 Å². The molecule has 0 N–H and O–H groups in total. The first kappa shape index (κ1) is 30.5. The summed E-state index contributed by atoms with van der Waals surface area (Å²) >= 11 is 1.74. The Kier molecular flexibility index (Phi) is 10.6. The number of fused-ring (bicyclic) bond motifs is 3. The van der Waals surface area contributed by atoms with Crippen molar-refractivity contribution in [2.45, 2.75) is 78.8 Å². The summed E-state index contributed by atoms with van der Waals surface area (Å²) in [7, 11) is 0. The third kappa shape index (κ3) is 6.78. The van der Waals surface area contributed by atoms with Crippen LogP contribution in [0.5, 0.6) is 0 Å². The van der Waals surface area contributed by atoms with E-state index in [1.54, 1.807) is 23.3 Å². The van der Waals surface area contributed by atoms with Crippen molar-refractivity contribution in [1.82, 2.24) is 0 Å². The average molecular weight is 576 g/mol. The maximum atomic E-state index is 2.43. The molecule has 0 aliphatic heterocycles. The molecule has 0 saturated carbocycles. The minimum Gasteiger partial charge on any atom is -1.00 e. The molecule has 0 fully saturated rings. The van der Waals surface area contributed by atoms with E-state index in [1.165, 1.54) is 49.4 Å². The summed E-state index contributed by atoms with van der Waals surface area (Å²) in [5.41, 5.74) is 7.74. The van der Waals surface area contributed by atoms with Gasteiger partial charge in [-0.25, -0.2) is 0 Å². The molecule has 4 rings (SSSR count). The van der Waals surface area contributed by atoms with Gasteiger partial charge < -0.3 is 24.8 Å². The Bertz CT molecular complexity index is 1210. The van der Waals surface area contributed by atoms with E-state index in [0.29, 0.717) is 0 Å². The molecular formula is C29H37Cl2SiZr-. The fraction of sp³-hybridized carbons (Fsp3) is 0.414. The number of benzene rings is 2. The number of allylic oxidation sites excluding steroid dienone is 4. The van der Waals surface area contributed by atoms with Crippen molar-refractivity contribution in [2.75, 3.05) is 0 Å². The van der Waals surface area contributed by atoms with Gasteiger partial charge in [0.25, 0.3) is 0 Å². The van der Waals surface area contributed by atoms with Gasteiger partial charge in [-0.1, -0.05) is 106 Å². The van der Waals surface area contributed by atoms with Gasteiger partial charge in [-0.2, -0.15) is 0 Å². The van der Waals surface area contributed by atoms with Crippen LogP contribution in [-0.4, -0.2) is 5.43 Å². The van der Waals surface area contributed by atoms with Crippen molar-refractivity contribution in [2.24, 2.45) is 0 Å². The van der Waals surface area contributed by atoms with Gasteiger partial charge >= 0.3 is 41.9 Å². The van der Waals surface area contributed by atoms with E-state index in [2.05, 4.69) is 110 Å². The summed E-state index contributed by atoms with van der Waals surface area (Å²) in [4.78, 5) is 0. The van der Waals surface area contributed by atoms with E-state index < -0.39 is 0 Å². The molecule has 0 amide bonds. The first-order valence-corrected chi connectivity index (χ1v) is 17.5. The molecule has 3 aromatic rings. The van der Waals surface area contributed by atoms with Gasteiger partial charge in [-0.05, 0) is 24.2 Å². The summed E-state index contributed by atoms with van der Waals surface area (Å²) < 4.78 is 0. The van der Waals surface area contributed by atoms with Crippen LogP contribution in [0.1, 0.15) is 71.6 Å². The van der Waals surface area contributed by atoms with Crippen molar-refractivity contribution in [3.05, 3.63) is 70.8 Å². The Morgan fingerprint density at radius 1 is 0.879 bits per heavy atom. The number of halogens is 2. The zero-order chi connectivity index (χ0) is 23.1. The van der Waals surface area contributed by atoms with Gasteiger partial charge in [0, 0.05) is 0 Å². The molecule has 176 valence electrons. The second-order valence-corrected chi connectivity index (χ2v) is 20.5. The maximum absolute atomic E-state index is 2.43. The largest absolute Gasteiger partial charge is 1.00 e. The van der Waals surface area contributed by atoms with Crippen LogP contribution in [0.4, 0.5) is 0 Å². The molecule has 0 unspecified atom stereocenters. The molecule has 0 radical (unpaired) electrons. The normalized spacial score (nSPS) is 13.5. The monoisotopic (exact) mass is 573 g/mol. The molecule has 0 spiro atoms. The van der Waals surface area contributed by atoms with E-state index in [-0.39, 0.29) is 41.1 Å². The molecule has 0 saturated heterocycles. The quantitative estimate of drug-likeness (QED) is 0.309. The topological polar surface area (TPSA) is 0 Å². The Labute approximate surface area is 228 Å². The minimum absolute atomic E-state index is 0. The van der Waals surface area contributed by atoms with Crippen LogP contribution in [0.3, 0.4) is 0 Å². The van der Waals surface area contributed by atoms with Crippen LogP contribution in [-0.2, 0) is 34.2 Å². The van der Waals surface area contributed by atoms with Crippen molar-refractivity contribution in [1.29, 1.82) is 0 Å². The second-order valence-electron chi connectivity index (χ2n) is 11.2. The van der Waals surface area contributed by atoms with E-state index in [0.717, 1.165) is 6.42 Å². The van der Waals surface area contributed by atoms with Crippen molar-refractivity contribution in [3.63, 3.8) is 0 Å². The first-order chi connectivity index (χ1) is 14.3. The van der Waals surface area contributed by atoms with E-state index >= 15 is 0 Å². The van der Waals surface area contributed by atoms with Crippen LogP contribution >= 0.6 is 0 Å². The van der Waals surface area contributed by atoms with Gasteiger partial charge in [0.15, 0.2) is 0 Å². The van der Waals surface area contributed by atoms with E-state index in [4.69, 9.17) is 0 Å². The zero-order valence-electron chi connectivity index (χ0n) is 21.6. The summed E-state index contributed by atoms with van der Waals surface area (Å²) in [6.07, 6.45) is 5.63. The third-order valence-electron chi connectivity index (χ3n) is 6.03. The maximum Gasteiger partial charge on any atom is -1.00 e. The number of hydrogen-bond acceptors (Lipinski definition) is 0. The fourth-order valence-corrected chi connectivity index (χ4v) is 4.42. The Balaban J connectivity index is 0.000000842. The molecule has 0 heterocycles. The van der Waals surface area contributed by atoms with Crippen LogP contribution in [0.25, 0.3) is 27.1 Å². The summed E-state index contributed by atoms with van der Waals surface area (Å²) in [6, 6.07) is 14.2. The standard InChI is InChI=1S/C27H31.C2H6Si.2ClH.Zr/c1-17-9-8-10-20(17)25-23-16-18-15-19(26(2,3)4)11-12-21(18)22(23)13-14-24(25)27(5,6)7;1-3-2;;;/h8-9,11-16H,10H2,1-7H3;1-2H3;2*1H;/q-1;;;;+2/p-2. The number of rotatable bonds is 1. The Hall–Kier alpha value is -0.530. The average Bonchev–Trinajstić information content (AvgIpc) is 3.21. The molecular weight excluding hydrogens is 539 g/mol. The molecule has 0 aromatic heterocycles. The molecule has 33 heavy (non-hydrogen) atoms. The molecule has 1 aliphatic carbocycles. The van der Waals surface area contributed by atoms with Gasteiger partial charge in [-0.15, -0.1) is 33.7 Å². The molecule has 4 heteroatoms. The molecule has 3 aromatic carbocycles. The van der Waals surface area contributed by atoms with Crippen LogP contribution in [0.15, 0.2) is 54.1 Å². The van der Waals surface area contributed by atoms with E-state index in [1.807, 2.05) is 0 Å². The smallest absolute Gasteiger partial charge is 1.00 e. The SMILES string of the molecule is CC1=C(c2c(C(C)(C)C)ccc3c2[cH-]c2cc(C(C)(C)C)ccc23)CC=C1.C[Si](C)=[Zr+2].[Cl-].[Cl-].